The van der Waals surface area contributed by atoms with E-state index in [0.717, 1.165) is 37.7 Å². The predicted octanol–water partition coefficient (Wildman–Crippen LogP) is 5.54. The fourth-order valence-electron chi connectivity index (χ4n) is 4.30. The van der Waals surface area contributed by atoms with Crippen molar-refractivity contribution in [2.45, 2.75) is 77.4 Å². The van der Waals surface area contributed by atoms with Gasteiger partial charge in [-0.15, -0.1) is 0 Å². The van der Waals surface area contributed by atoms with E-state index in [-0.39, 0.29) is 24.5 Å². The molecule has 1 aliphatic carbocycles. The van der Waals surface area contributed by atoms with Crippen molar-refractivity contribution in [1.29, 1.82) is 0 Å². The van der Waals surface area contributed by atoms with E-state index in [9.17, 15) is 9.59 Å². The minimum Gasteiger partial charge on any atom is -0.484 e. The van der Waals surface area contributed by atoms with Crippen molar-refractivity contribution in [1.82, 2.24) is 10.2 Å². The first-order valence-electron chi connectivity index (χ1n) is 12.1. The van der Waals surface area contributed by atoms with Crippen LogP contribution in [0.2, 0.25) is 5.02 Å². The molecule has 1 aliphatic rings. The standard InChI is InChI=1S/C27H35ClN2O3/c1-3-20-12-16-24(17-13-20)33-19-26(31)30(18-21-10-14-22(28)15-11-21)25(4-2)27(32)29-23-8-6-5-7-9-23/h10-17,23,25H,3-9,18-19H2,1-2H3,(H,29,32)/t25-/m1/s1. The van der Waals surface area contributed by atoms with Gasteiger partial charge < -0.3 is 15.0 Å². The Bertz CT molecular complexity index is 893. The van der Waals surface area contributed by atoms with Crippen LogP contribution in [0.4, 0.5) is 0 Å². The van der Waals surface area contributed by atoms with Gasteiger partial charge in [0.2, 0.25) is 5.91 Å². The zero-order valence-corrected chi connectivity index (χ0v) is 20.4. The first-order valence-corrected chi connectivity index (χ1v) is 12.4. The van der Waals surface area contributed by atoms with Gasteiger partial charge in [0.1, 0.15) is 11.8 Å². The molecule has 2 aromatic rings. The molecule has 33 heavy (non-hydrogen) atoms. The fourth-order valence-corrected chi connectivity index (χ4v) is 4.43. The molecule has 1 N–H and O–H groups in total. The third-order valence-electron chi connectivity index (χ3n) is 6.30. The van der Waals surface area contributed by atoms with E-state index in [1.165, 1.54) is 12.0 Å². The SMILES string of the molecule is CCc1ccc(OCC(=O)N(Cc2ccc(Cl)cc2)[C@H](CC)C(=O)NC2CCCCC2)cc1. The Morgan fingerprint density at radius 1 is 1.00 bits per heavy atom. The Balaban J connectivity index is 1.73. The van der Waals surface area contributed by atoms with Crippen LogP contribution in [0.5, 0.6) is 5.75 Å². The molecule has 1 atom stereocenters. The number of hydrogen-bond donors (Lipinski definition) is 1. The minimum atomic E-state index is -0.554. The third kappa shape index (κ3) is 7.50. The van der Waals surface area contributed by atoms with E-state index < -0.39 is 6.04 Å². The molecule has 0 bridgehead atoms. The molecule has 1 saturated carbocycles. The van der Waals surface area contributed by atoms with Crippen LogP contribution in [0.3, 0.4) is 0 Å². The first kappa shape index (κ1) is 25.1. The van der Waals surface area contributed by atoms with Gasteiger partial charge >= 0.3 is 0 Å². The summed E-state index contributed by atoms with van der Waals surface area (Å²) in [5.41, 5.74) is 2.13. The maximum Gasteiger partial charge on any atom is 0.261 e. The van der Waals surface area contributed by atoms with E-state index in [2.05, 4.69) is 12.2 Å². The number of halogens is 1. The molecule has 178 valence electrons. The lowest BCUT2D eigenvalue weighted by molar-refractivity contribution is -0.143. The van der Waals surface area contributed by atoms with Crippen molar-refractivity contribution < 1.29 is 14.3 Å². The van der Waals surface area contributed by atoms with Crippen LogP contribution >= 0.6 is 11.6 Å². The lowest BCUT2D eigenvalue weighted by Gasteiger charge is -2.32. The zero-order valence-electron chi connectivity index (χ0n) is 19.7. The molecule has 1 fully saturated rings. The number of amides is 2. The zero-order chi connectivity index (χ0) is 23.6. The van der Waals surface area contributed by atoms with Crippen LogP contribution in [0.25, 0.3) is 0 Å². The molecule has 0 unspecified atom stereocenters. The first-order chi connectivity index (χ1) is 16.0. The van der Waals surface area contributed by atoms with Crippen molar-refractivity contribution in [3.8, 4) is 5.75 Å². The molecule has 2 aromatic carbocycles. The molecule has 6 heteroatoms. The maximum absolute atomic E-state index is 13.3. The summed E-state index contributed by atoms with van der Waals surface area (Å²) < 4.78 is 5.79. The number of carbonyl (C=O) groups is 2. The number of nitrogens with one attached hydrogen (secondary N) is 1. The third-order valence-corrected chi connectivity index (χ3v) is 6.55. The van der Waals surface area contributed by atoms with Crippen molar-refractivity contribution in [3.63, 3.8) is 0 Å². The molecule has 0 radical (unpaired) electrons. The van der Waals surface area contributed by atoms with Crippen molar-refractivity contribution in [2.24, 2.45) is 0 Å². The van der Waals surface area contributed by atoms with Crippen molar-refractivity contribution in [3.05, 3.63) is 64.7 Å². The molecule has 2 amide bonds. The van der Waals surface area contributed by atoms with Gasteiger partial charge in [0.25, 0.3) is 5.91 Å². The highest BCUT2D eigenvalue weighted by Gasteiger charge is 2.30. The Hall–Kier alpha value is -2.53. The van der Waals surface area contributed by atoms with Gasteiger partial charge in [0, 0.05) is 17.6 Å². The van der Waals surface area contributed by atoms with E-state index in [1.807, 2.05) is 43.3 Å². The number of rotatable bonds is 10. The topological polar surface area (TPSA) is 58.6 Å². The second-order valence-electron chi connectivity index (χ2n) is 8.70. The normalized spacial score (nSPS) is 15.0. The molecule has 5 nitrogen and oxygen atoms in total. The van der Waals surface area contributed by atoms with Crippen LogP contribution in [-0.2, 0) is 22.6 Å². The van der Waals surface area contributed by atoms with E-state index in [4.69, 9.17) is 16.3 Å². The highest BCUT2D eigenvalue weighted by Crippen LogP contribution is 2.20. The fraction of sp³-hybridized carbons (Fsp3) is 0.481. The molecule has 3 rings (SSSR count). The van der Waals surface area contributed by atoms with Gasteiger partial charge in [-0.3, -0.25) is 9.59 Å². The van der Waals surface area contributed by atoms with E-state index in [1.54, 1.807) is 17.0 Å². The quantitative estimate of drug-likeness (QED) is 0.496. The number of carbonyl (C=O) groups excluding carboxylic acids is 2. The molecule has 0 aliphatic heterocycles. The summed E-state index contributed by atoms with van der Waals surface area (Å²) >= 11 is 6.03. The number of ether oxygens (including phenoxy) is 1. The van der Waals surface area contributed by atoms with Crippen LogP contribution in [-0.4, -0.2) is 35.4 Å². The Kier molecular flexibility index (Phi) is 9.61. The predicted molar refractivity (Wildman–Crippen MR) is 132 cm³/mol. The Morgan fingerprint density at radius 2 is 1.64 bits per heavy atom. The maximum atomic E-state index is 13.3. The summed E-state index contributed by atoms with van der Waals surface area (Å²) in [6.45, 7) is 4.24. The van der Waals surface area contributed by atoms with Crippen LogP contribution in [0.15, 0.2) is 48.5 Å². The van der Waals surface area contributed by atoms with E-state index >= 15 is 0 Å². The van der Waals surface area contributed by atoms with Gasteiger partial charge in [-0.1, -0.05) is 69.0 Å². The number of benzene rings is 2. The lowest BCUT2D eigenvalue weighted by Crippen LogP contribution is -2.52. The molecule has 0 spiro atoms. The molecule has 0 saturated heterocycles. The number of aryl methyl sites for hydroxylation is 1. The van der Waals surface area contributed by atoms with Crippen molar-refractivity contribution >= 4 is 23.4 Å². The second-order valence-corrected chi connectivity index (χ2v) is 9.14. The average molecular weight is 471 g/mol. The lowest BCUT2D eigenvalue weighted by atomic mass is 9.95. The van der Waals surface area contributed by atoms with Gasteiger partial charge in [0.15, 0.2) is 6.61 Å². The smallest absolute Gasteiger partial charge is 0.261 e. The molecule has 0 aromatic heterocycles. The summed E-state index contributed by atoms with van der Waals surface area (Å²) in [4.78, 5) is 28.2. The van der Waals surface area contributed by atoms with E-state index in [0.29, 0.717) is 23.7 Å². The average Bonchev–Trinajstić information content (AvgIpc) is 2.84. The largest absolute Gasteiger partial charge is 0.484 e. The molecule has 0 heterocycles. The van der Waals surface area contributed by atoms with Gasteiger partial charge in [-0.25, -0.2) is 0 Å². The summed E-state index contributed by atoms with van der Waals surface area (Å²) in [6, 6.07) is 14.8. The Labute approximate surface area is 202 Å². The van der Waals surface area contributed by atoms with Crippen molar-refractivity contribution in [2.75, 3.05) is 6.61 Å². The van der Waals surface area contributed by atoms with Crippen LogP contribution < -0.4 is 10.1 Å². The van der Waals surface area contributed by atoms with Gasteiger partial charge in [-0.2, -0.15) is 0 Å². The summed E-state index contributed by atoms with van der Waals surface area (Å²) in [7, 11) is 0. The van der Waals surface area contributed by atoms with Gasteiger partial charge in [0.05, 0.1) is 0 Å². The summed E-state index contributed by atoms with van der Waals surface area (Å²) in [5, 5.41) is 3.83. The van der Waals surface area contributed by atoms with Crippen LogP contribution in [0, 0.1) is 0 Å². The highest BCUT2D eigenvalue weighted by atomic mass is 35.5. The molecular weight excluding hydrogens is 436 g/mol. The van der Waals surface area contributed by atoms with Gasteiger partial charge in [-0.05, 0) is 61.1 Å². The monoisotopic (exact) mass is 470 g/mol. The Morgan fingerprint density at radius 3 is 2.24 bits per heavy atom. The minimum absolute atomic E-state index is 0.0842. The van der Waals surface area contributed by atoms with Crippen LogP contribution in [0.1, 0.15) is 63.5 Å². The summed E-state index contributed by atoms with van der Waals surface area (Å²) in [5.74, 6) is 0.348. The second kappa shape index (κ2) is 12.6. The number of nitrogens with zero attached hydrogens (tertiary/aromatic N) is 1. The number of hydrogen-bond acceptors (Lipinski definition) is 3. The summed E-state index contributed by atoms with van der Waals surface area (Å²) in [6.07, 6.45) is 6.99. The highest BCUT2D eigenvalue weighted by molar-refractivity contribution is 6.30. The molecular formula is C27H35ClN2O3.